The summed E-state index contributed by atoms with van der Waals surface area (Å²) in [4.78, 5) is 12.0. The summed E-state index contributed by atoms with van der Waals surface area (Å²) in [5, 5.41) is 1.09. The zero-order valence-electron chi connectivity index (χ0n) is 9.42. The van der Waals surface area contributed by atoms with Crippen LogP contribution in [0.2, 0.25) is 10.0 Å². The Labute approximate surface area is 111 Å². The maximum atomic E-state index is 12.0. The van der Waals surface area contributed by atoms with Gasteiger partial charge in [-0.2, -0.15) is 0 Å². The predicted octanol–water partition coefficient (Wildman–Crippen LogP) is 3.67. The average molecular weight is 273 g/mol. The van der Waals surface area contributed by atoms with Crippen LogP contribution in [-0.4, -0.2) is 18.5 Å². The average Bonchev–Trinajstić information content (AvgIpc) is 2.35. The molecule has 0 amide bonds. The van der Waals surface area contributed by atoms with E-state index in [1.165, 1.54) is 0 Å². The Morgan fingerprint density at radius 1 is 1.29 bits per heavy atom. The number of hydrogen-bond acceptors (Lipinski definition) is 2. The quantitative estimate of drug-likeness (QED) is 0.839. The van der Waals surface area contributed by atoms with Gasteiger partial charge in [0.1, 0.15) is 6.10 Å². The third-order valence-corrected chi connectivity index (χ3v) is 3.66. The van der Waals surface area contributed by atoms with E-state index >= 15 is 0 Å². The molecule has 0 N–H and O–H groups in total. The minimum Gasteiger partial charge on any atom is -0.370 e. The molecule has 4 heteroatoms. The number of halogens is 2. The maximum Gasteiger partial charge on any atom is 0.166 e. The van der Waals surface area contributed by atoms with Crippen LogP contribution in [0.5, 0.6) is 0 Å². The van der Waals surface area contributed by atoms with Gasteiger partial charge >= 0.3 is 0 Å². The third-order valence-electron chi connectivity index (χ3n) is 2.95. The van der Waals surface area contributed by atoms with Crippen LogP contribution in [0.1, 0.15) is 24.8 Å². The van der Waals surface area contributed by atoms with Crippen molar-refractivity contribution < 1.29 is 9.53 Å². The van der Waals surface area contributed by atoms with Gasteiger partial charge in [0.2, 0.25) is 0 Å². The Kier molecular flexibility index (Phi) is 4.43. The minimum absolute atomic E-state index is 0.0692. The van der Waals surface area contributed by atoms with Crippen molar-refractivity contribution in [1.82, 2.24) is 0 Å². The summed E-state index contributed by atoms with van der Waals surface area (Å²) in [7, 11) is 0. The molecule has 1 unspecified atom stereocenters. The van der Waals surface area contributed by atoms with Crippen molar-refractivity contribution in [2.75, 3.05) is 6.61 Å². The summed E-state index contributed by atoms with van der Waals surface area (Å²) < 4.78 is 5.46. The summed E-state index contributed by atoms with van der Waals surface area (Å²) >= 11 is 12.1. The summed E-state index contributed by atoms with van der Waals surface area (Å²) in [5.74, 6) is 0.0692. The van der Waals surface area contributed by atoms with Gasteiger partial charge in [0, 0.05) is 23.1 Å². The van der Waals surface area contributed by atoms with Crippen LogP contribution in [0, 0.1) is 0 Å². The van der Waals surface area contributed by atoms with Gasteiger partial charge in [-0.3, -0.25) is 4.79 Å². The monoisotopic (exact) mass is 272 g/mol. The second kappa shape index (κ2) is 5.85. The molecular formula is C13H14Cl2O2. The largest absolute Gasteiger partial charge is 0.370 e. The molecule has 1 fully saturated rings. The van der Waals surface area contributed by atoms with Crippen LogP contribution in [0.4, 0.5) is 0 Å². The molecule has 1 saturated heterocycles. The van der Waals surface area contributed by atoms with Gasteiger partial charge in [0.25, 0.3) is 0 Å². The molecule has 2 rings (SSSR count). The molecule has 0 radical (unpaired) electrons. The van der Waals surface area contributed by atoms with Crippen molar-refractivity contribution in [2.45, 2.75) is 31.8 Å². The lowest BCUT2D eigenvalue weighted by atomic mass is 10.00. The molecule has 1 atom stereocenters. The van der Waals surface area contributed by atoms with Crippen molar-refractivity contribution in [3.63, 3.8) is 0 Å². The highest BCUT2D eigenvalue weighted by Crippen LogP contribution is 2.26. The smallest absolute Gasteiger partial charge is 0.166 e. The van der Waals surface area contributed by atoms with E-state index in [1.54, 1.807) is 18.2 Å². The Morgan fingerprint density at radius 3 is 2.59 bits per heavy atom. The molecule has 2 nitrogen and oxygen atoms in total. The molecule has 0 aromatic heterocycles. The molecule has 1 heterocycles. The number of Topliss-reactive ketones (excluding diaryl/α,β-unsaturated/α-hetero) is 1. The molecule has 1 aliphatic rings. The van der Waals surface area contributed by atoms with Gasteiger partial charge < -0.3 is 4.74 Å². The molecule has 92 valence electrons. The number of hydrogen-bond donors (Lipinski definition) is 0. The molecule has 0 aliphatic carbocycles. The SMILES string of the molecule is O=C(Cc1c(Cl)cccc1Cl)C1CCCCO1. The van der Waals surface area contributed by atoms with Gasteiger partial charge in [-0.25, -0.2) is 0 Å². The summed E-state index contributed by atoms with van der Waals surface area (Å²) in [5.41, 5.74) is 0.704. The van der Waals surface area contributed by atoms with E-state index in [0.717, 1.165) is 19.3 Å². The molecule has 1 aliphatic heterocycles. The van der Waals surface area contributed by atoms with Crippen molar-refractivity contribution in [3.8, 4) is 0 Å². The minimum atomic E-state index is -0.281. The Hall–Kier alpha value is -0.570. The lowest BCUT2D eigenvalue weighted by molar-refractivity contribution is -0.132. The molecule has 1 aromatic carbocycles. The highest BCUT2D eigenvalue weighted by Gasteiger charge is 2.23. The highest BCUT2D eigenvalue weighted by molar-refractivity contribution is 6.36. The van der Waals surface area contributed by atoms with E-state index in [0.29, 0.717) is 22.2 Å². The maximum absolute atomic E-state index is 12.0. The van der Waals surface area contributed by atoms with E-state index in [1.807, 2.05) is 0 Å². The predicted molar refractivity (Wildman–Crippen MR) is 68.8 cm³/mol. The first-order chi connectivity index (χ1) is 8.18. The first-order valence-corrected chi connectivity index (χ1v) is 6.51. The number of carbonyl (C=O) groups excluding carboxylic acids is 1. The summed E-state index contributed by atoms with van der Waals surface area (Å²) in [6.45, 7) is 0.673. The molecule has 0 bridgehead atoms. The van der Waals surface area contributed by atoms with E-state index < -0.39 is 0 Å². The van der Waals surface area contributed by atoms with Crippen LogP contribution in [0.3, 0.4) is 0 Å². The van der Waals surface area contributed by atoms with Crippen LogP contribution in [-0.2, 0) is 16.0 Å². The molecule has 1 aromatic rings. The lowest BCUT2D eigenvalue weighted by Gasteiger charge is -2.21. The number of ether oxygens (including phenoxy) is 1. The van der Waals surface area contributed by atoms with Crippen molar-refractivity contribution in [2.24, 2.45) is 0 Å². The standard InChI is InChI=1S/C13H14Cl2O2/c14-10-4-3-5-11(15)9(10)8-12(16)13-6-1-2-7-17-13/h3-5,13H,1-2,6-8H2. The van der Waals surface area contributed by atoms with Gasteiger partial charge in [-0.15, -0.1) is 0 Å². The number of ketones is 1. The zero-order valence-corrected chi connectivity index (χ0v) is 10.9. The highest BCUT2D eigenvalue weighted by atomic mass is 35.5. The third kappa shape index (κ3) is 3.21. The van der Waals surface area contributed by atoms with Crippen LogP contribution in [0.15, 0.2) is 18.2 Å². The Balaban J connectivity index is 2.07. The van der Waals surface area contributed by atoms with Gasteiger partial charge in [-0.1, -0.05) is 29.3 Å². The Bertz CT molecular complexity index is 392. The van der Waals surface area contributed by atoms with Crippen LogP contribution in [0.25, 0.3) is 0 Å². The Morgan fingerprint density at radius 2 is 2.00 bits per heavy atom. The summed E-state index contributed by atoms with van der Waals surface area (Å²) in [6.07, 6.45) is 2.86. The molecule has 0 spiro atoms. The first-order valence-electron chi connectivity index (χ1n) is 5.75. The zero-order chi connectivity index (χ0) is 12.3. The topological polar surface area (TPSA) is 26.3 Å². The fourth-order valence-corrected chi connectivity index (χ4v) is 2.52. The first kappa shape index (κ1) is 12.9. The van der Waals surface area contributed by atoms with Crippen molar-refractivity contribution in [3.05, 3.63) is 33.8 Å². The van der Waals surface area contributed by atoms with Crippen LogP contribution < -0.4 is 0 Å². The number of carbonyl (C=O) groups is 1. The fourth-order valence-electron chi connectivity index (χ4n) is 1.98. The van der Waals surface area contributed by atoms with E-state index in [9.17, 15) is 4.79 Å². The van der Waals surface area contributed by atoms with E-state index in [4.69, 9.17) is 27.9 Å². The summed E-state index contributed by atoms with van der Waals surface area (Å²) in [6, 6.07) is 5.27. The number of benzene rings is 1. The van der Waals surface area contributed by atoms with E-state index in [-0.39, 0.29) is 18.3 Å². The van der Waals surface area contributed by atoms with Gasteiger partial charge in [-0.05, 0) is 37.0 Å². The van der Waals surface area contributed by atoms with E-state index in [2.05, 4.69) is 0 Å². The fraction of sp³-hybridized carbons (Fsp3) is 0.462. The molecule has 0 saturated carbocycles. The second-order valence-electron chi connectivity index (χ2n) is 4.20. The van der Waals surface area contributed by atoms with Crippen molar-refractivity contribution >= 4 is 29.0 Å². The second-order valence-corrected chi connectivity index (χ2v) is 5.01. The molecule has 17 heavy (non-hydrogen) atoms. The van der Waals surface area contributed by atoms with Gasteiger partial charge in [0.05, 0.1) is 0 Å². The number of rotatable bonds is 3. The normalized spacial score (nSPS) is 20.2. The molecular weight excluding hydrogens is 259 g/mol. The van der Waals surface area contributed by atoms with Gasteiger partial charge in [0.15, 0.2) is 5.78 Å². The van der Waals surface area contributed by atoms with Crippen LogP contribution >= 0.6 is 23.2 Å². The lowest BCUT2D eigenvalue weighted by Crippen LogP contribution is -2.29. The van der Waals surface area contributed by atoms with Crippen molar-refractivity contribution in [1.29, 1.82) is 0 Å².